The van der Waals surface area contributed by atoms with E-state index in [4.69, 9.17) is 4.42 Å². The highest BCUT2D eigenvalue weighted by Gasteiger charge is 2.14. The van der Waals surface area contributed by atoms with Crippen LogP contribution in [0.5, 0.6) is 0 Å². The summed E-state index contributed by atoms with van der Waals surface area (Å²) in [6, 6.07) is 43.6. The average Bonchev–Trinajstić information content (AvgIpc) is 3.35. The van der Waals surface area contributed by atoms with Crippen molar-refractivity contribution in [3.8, 4) is 22.6 Å². The maximum absolute atomic E-state index is 5.96. The van der Waals surface area contributed by atoms with E-state index in [0.717, 1.165) is 38.2 Å². The first-order chi connectivity index (χ1) is 17.2. The molecular weight excluding hydrogens is 496 g/mol. The smallest absolute Gasteiger partial charge is 0.227 e. The fraction of sp³-hybridized carbons (Fsp3) is 0. The van der Waals surface area contributed by atoms with Gasteiger partial charge in [-0.05, 0) is 83.9 Å². The third-order valence-electron chi connectivity index (χ3n) is 5.98. The van der Waals surface area contributed by atoms with Crippen LogP contribution >= 0.6 is 15.9 Å². The Kier molecular flexibility index (Phi) is 5.65. The van der Waals surface area contributed by atoms with Gasteiger partial charge >= 0.3 is 0 Å². The summed E-state index contributed by atoms with van der Waals surface area (Å²) in [5.74, 6) is 0.628. The van der Waals surface area contributed by atoms with Crippen LogP contribution in [0.25, 0.3) is 33.7 Å². The second-order valence-electron chi connectivity index (χ2n) is 8.26. The van der Waals surface area contributed by atoms with E-state index in [-0.39, 0.29) is 0 Å². The van der Waals surface area contributed by atoms with E-state index in [1.54, 1.807) is 0 Å². The summed E-state index contributed by atoms with van der Waals surface area (Å²) >= 11 is 3.51. The first-order valence-electron chi connectivity index (χ1n) is 11.4. The molecule has 0 bridgehead atoms. The van der Waals surface area contributed by atoms with Gasteiger partial charge in [0.1, 0.15) is 5.52 Å². The van der Waals surface area contributed by atoms with Gasteiger partial charge in [0.25, 0.3) is 0 Å². The van der Waals surface area contributed by atoms with Crippen LogP contribution in [0.1, 0.15) is 0 Å². The highest BCUT2D eigenvalue weighted by molar-refractivity contribution is 9.10. The van der Waals surface area contributed by atoms with Crippen molar-refractivity contribution < 1.29 is 4.42 Å². The van der Waals surface area contributed by atoms with Crippen molar-refractivity contribution in [2.24, 2.45) is 0 Å². The lowest BCUT2D eigenvalue weighted by molar-refractivity contribution is 0.620. The normalized spacial score (nSPS) is 11.0. The molecule has 0 aliphatic carbocycles. The highest BCUT2D eigenvalue weighted by Crippen LogP contribution is 2.36. The Morgan fingerprint density at radius 2 is 1.03 bits per heavy atom. The summed E-state index contributed by atoms with van der Waals surface area (Å²) in [4.78, 5) is 6.89. The fourth-order valence-corrected chi connectivity index (χ4v) is 4.48. The largest absolute Gasteiger partial charge is 0.436 e. The second-order valence-corrected chi connectivity index (χ2v) is 9.17. The van der Waals surface area contributed by atoms with Gasteiger partial charge in [0, 0.05) is 27.1 Å². The minimum atomic E-state index is 0.628. The quantitative estimate of drug-likeness (QED) is 0.228. The van der Waals surface area contributed by atoms with Crippen LogP contribution in [-0.4, -0.2) is 4.98 Å². The lowest BCUT2D eigenvalue weighted by Crippen LogP contribution is -2.09. The molecule has 4 heteroatoms. The molecule has 0 atom stereocenters. The van der Waals surface area contributed by atoms with Crippen molar-refractivity contribution in [3.05, 3.63) is 132 Å². The van der Waals surface area contributed by atoms with Gasteiger partial charge in [-0.1, -0.05) is 70.5 Å². The Hall–Kier alpha value is -4.15. The van der Waals surface area contributed by atoms with Crippen molar-refractivity contribution in [1.29, 1.82) is 0 Å². The molecule has 1 heterocycles. The number of hydrogen-bond acceptors (Lipinski definition) is 3. The van der Waals surface area contributed by atoms with Crippen LogP contribution in [0, 0.1) is 0 Å². The molecule has 6 aromatic rings. The SMILES string of the molecule is Brc1ccc(-c2ccc(N(c3ccccc3)c3ccc(-c4nc5ccccc5o4)cc3)cc2)cc1. The molecule has 0 amide bonds. The van der Waals surface area contributed by atoms with Crippen molar-refractivity contribution in [1.82, 2.24) is 4.98 Å². The molecule has 0 saturated heterocycles. The van der Waals surface area contributed by atoms with Crippen LogP contribution in [0.3, 0.4) is 0 Å². The molecule has 1 aromatic heterocycles. The summed E-state index contributed by atoms with van der Waals surface area (Å²) < 4.78 is 7.04. The van der Waals surface area contributed by atoms with Crippen LogP contribution in [0.2, 0.25) is 0 Å². The van der Waals surface area contributed by atoms with Gasteiger partial charge in [0.05, 0.1) is 0 Å². The number of nitrogens with zero attached hydrogens (tertiary/aromatic N) is 2. The monoisotopic (exact) mass is 516 g/mol. The van der Waals surface area contributed by atoms with E-state index in [1.807, 2.05) is 30.3 Å². The van der Waals surface area contributed by atoms with Crippen LogP contribution < -0.4 is 4.90 Å². The maximum atomic E-state index is 5.96. The lowest BCUT2D eigenvalue weighted by Gasteiger charge is -2.25. The molecule has 0 spiro atoms. The van der Waals surface area contributed by atoms with Crippen molar-refractivity contribution >= 4 is 44.1 Å². The Morgan fingerprint density at radius 3 is 1.66 bits per heavy atom. The third kappa shape index (κ3) is 4.36. The topological polar surface area (TPSA) is 29.3 Å². The summed E-state index contributed by atoms with van der Waals surface area (Å²) in [5, 5.41) is 0. The number of benzene rings is 5. The van der Waals surface area contributed by atoms with Crippen molar-refractivity contribution in [2.45, 2.75) is 0 Å². The standard InChI is InChI=1S/C31H21BrN2O/c32-25-16-10-22(11-17-25)23-12-18-27(19-13-23)34(26-6-2-1-3-7-26)28-20-14-24(15-21-28)31-33-29-8-4-5-9-30(29)35-31/h1-21H. The molecule has 168 valence electrons. The number of rotatable bonds is 5. The van der Waals surface area contributed by atoms with E-state index in [9.17, 15) is 0 Å². The number of anilines is 3. The molecule has 35 heavy (non-hydrogen) atoms. The van der Waals surface area contributed by atoms with Gasteiger partial charge in [-0.3, -0.25) is 0 Å². The zero-order valence-electron chi connectivity index (χ0n) is 18.8. The van der Waals surface area contributed by atoms with Gasteiger partial charge in [-0.15, -0.1) is 0 Å². The Morgan fingerprint density at radius 1 is 0.514 bits per heavy atom. The van der Waals surface area contributed by atoms with Crippen molar-refractivity contribution in [2.75, 3.05) is 4.90 Å². The predicted molar refractivity (Wildman–Crippen MR) is 147 cm³/mol. The Labute approximate surface area is 212 Å². The molecule has 0 aliphatic heterocycles. The molecular formula is C31H21BrN2O. The van der Waals surface area contributed by atoms with Gasteiger partial charge < -0.3 is 9.32 Å². The molecule has 0 fully saturated rings. The molecule has 0 radical (unpaired) electrons. The Bertz CT molecular complexity index is 1540. The first kappa shape index (κ1) is 21.4. The van der Waals surface area contributed by atoms with Gasteiger partial charge in [-0.25, -0.2) is 4.98 Å². The fourth-order valence-electron chi connectivity index (χ4n) is 4.22. The van der Waals surface area contributed by atoms with Gasteiger partial charge in [0.15, 0.2) is 5.58 Å². The maximum Gasteiger partial charge on any atom is 0.227 e. The summed E-state index contributed by atoms with van der Waals surface area (Å²) in [6.07, 6.45) is 0. The molecule has 0 aliphatic rings. The van der Waals surface area contributed by atoms with Crippen molar-refractivity contribution in [3.63, 3.8) is 0 Å². The number of halogens is 1. The number of oxazole rings is 1. The summed E-state index contributed by atoms with van der Waals surface area (Å²) in [6.45, 7) is 0. The number of hydrogen-bond donors (Lipinski definition) is 0. The van der Waals surface area contributed by atoms with Gasteiger partial charge in [-0.2, -0.15) is 0 Å². The van der Waals surface area contributed by atoms with E-state index >= 15 is 0 Å². The number of para-hydroxylation sites is 3. The van der Waals surface area contributed by atoms with Crippen LogP contribution in [-0.2, 0) is 0 Å². The highest BCUT2D eigenvalue weighted by atomic mass is 79.9. The second kappa shape index (κ2) is 9.24. The zero-order valence-corrected chi connectivity index (χ0v) is 20.4. The first-order valence-corrected chi connectivity index (χ1v) is 12.2. The molecule has 0 N–H and O–H groups in total. The van der Waals surface area contributed by atoms with E-state index < -0.39 is 0 Å². The third-order valence-corrected chi connectivity index (χ3v) is 6.51. The lowest BCUT2D eigenvalue weighted by atomic mass is 10.0. The molecule has 6 rings (SSSR count). The number of aromatic nitrogens is 1. The van der Waals surface area contributed by atoms with Crippen LogP contribution in [0.4, 0.5) is 17.1 Å². The minimum Gasteiger partial charge on any atom is -0.436 e. The molecule has 3 nitrogen and oxygen atoms in total. The Balaban J connectivity index is 1.36. The summed E-state index contributed by atoms with van der Waals surface area (Å²) in [7, 11) is 0. The van der Waals surface area contributed by atoms with E-state index in [1.165, 1.54) is 11.1 Å². The average molecular weight is 517 g/mol. The summed E-state index contributed by atoms with van der Waals surface area (Å²) in [5.41, 5.74) is 8.22. The van der Waals surface area contributed by atoms with Crippen LogP contribution in [0.15, 0.2) is 136 Å². The molecule has 5 aromatic carbocycles. The molecule has 0 unspecified atom stereocenters. The zero-order chi connectivity index (χ0) is 23.6. The predicted octanol–water partition coefficient (Wildman–Crippen LogP) is 9.39. The number of fused-ring (bicyclic) bond motifs is 1. The minimum absolute atomic E-state index is 0.628. The van der Waals surface area contributed by atoms with E-state index in [2.05, 4.69) is 123 Å². The molecule has 0 saturated carbocycles. The van der Waals surface area contributed by atoms with E-state index in [0.29, 0.717) is 5.89 Å². The van der Waals surface area contributed by atoms with Gasteiger partial charge in [0.2, 0.25) is 5.89 Å².